The van der Waals surface area contributed by atoms with Crippen molar-refractivity contribution in [2.45, 2.75) is 38.1 Å². The van der Waals surface area contributed by atoms with E-state index in [9.17, 15) is 5.11 Å². The smallest absolute Gasteiger partial charge is 0.190 e. The van der Waals surface area contributed by atoms with Crippen LogP contribution < -0.4 is 0 Å². The molecule has 19 heavy (non-hydrogen) atoms. The second kappa shape index (κ2) is 6.50. The second-order valence-corrected chi connectivity index (χ2v) is 10.1. The van der Waals surface area contributed by atoms with Crippen LogP contribution in [0.25, 0.3) is 0 Å². The van der Waals surface area contributed by atoms with Crippen molar-refractivity contribution in [2.75, 3.05) is 6.61 Å². The fourth-order valence-electron chi connectivity index (χ4n) is 2.60. The van der Waals surface area contributed by atoms with Gasteiger partial charge in [-0.05, 0) is 37.5 Å². The molecular weight excluding hydrogens is 252 g/mol. The van der Waals surface area contributed by atoms with Crippen LogP contribution in [0.15, 0.2) is 42.5 Å². The lowest BCUT2D eigenvalue weighted by atomic mass is 9.96. The molecule has 0 saturated heterocycles. The Morgan fingerprint density at radius 3 is 2.68 bits per heavy atom. The normalized spacial score (nSPS) is 26.1. The molecule has 3 heteroatoms. The maximum atomic E-state index is 9.54. The van der Waals surface area contributed by atoms with Crippen LogP contribution >= 0.6 is 0 Å². The highest BCUT2D eigenvalue weighted by molar-refractivity contribution is 6.71. The number of rotatable bonds is 4. The molecule has 104 valence electrons. The van der Waals surface area contributed by atoms with Crippen LogP contribution in [-0.2, 0) is 10.8 Å². The summed E-state index contributed by atoms with van der Waals surface area (Å²) in [6.07, 6.45) is 6.51. The molecule has 0 aromatic heterocycles. The van der Waals surface area contributed by atoms with Gasteiger partial charge in [0.15, 0.2) is 8.32 Å². The highest BCUT2D eigenvalue weighted by Gasteiger charge is 2.31. The number of hydrogen-bond acceptors (Lipinski definition) is 2. The molecule has 2 rings (SSSR count). The molecule has 0 bridgehead atoms. The molecule has 0 radical (unpaired) electrons. The summed E-state index contributed by atoms with van der Waals surface area (Å²) in [7, 11) is -1.60. The topological polar surface area (TPSA) is 29.5 Å². The first-order chi connectivity index (χ1) is 9.11. The summed E-state index contributed by atoms with van der Waals surface area (Å²) >= 11 is 0. The number of allylic oxidation sites excluding steroid dienone is 1. The van der Waals surface area contributed by atoms with E-state index in [2.05, 4.69) is 49.5 Å². The number of hydrogen-bond donors (Lipinski definition) is 1. The molecule has 0 fully saturated rings. The van der Waals surface area contributed by atoms with Gasteiger partial charge in [-0.2, -0.15) is 0 Å². The van der Waals surface area contributed by atoms with E-state index in [0.29, 0.717) is 0 Å². The zero-order valence-electron chi connectivity index (χ0n) is 11.9. The van der Waals surface area contributed by atoms with Crippen molar-refractivity contribution in [1.29, 1.82) is 0 Å². The van der Waals surface area contributed by atoms with E-state index in [1.54, 1.807) is 0 Å². The van der Waals surface area contributed by atoms with Crippen LogP contribution in [-0.4, -0.2) is 26.1 Å². The van der Waals surface area contributed by atoms with E-state index >= 15 is 0 Å². The first-order valence-corrected chi connectivity index (χ1v) is 10.2. The van der Waals surface area contributed by atoms with Gasteiger partial charge in [0.05, 0.1) is 12.7 Å². The molecule has 1 aliphatic heterocycles. The molecule has 1 heterocycles. The zero-order chi connectivity index (χ0) is 13.7. The minimum absolute atomic E-state index is 0.151. The Bertz CT molecular complexity index is 414. The summed E-state index contributed by atoms with van der Waals surface area (Å²) < 4.78 is 6.34. The van der Waals surface area contributed by atoms with Crippen molar-refractivity contribution < 1.29 is 9.53 Å². The highest BCUT2D eigenvalue weighted by atomic mass is 28.4. The van der Waals surface area contributed by atoms with Crippen molar-refractivity contribution in [2.24, 2.45) is 5.92 Å². The van der Waals surface area contributed by atoms with Crippen LogP contribution in [0.3, 0.4) is 0 Å². The first kappa shape index (κ1) is 14.5. The van der Waals surface area contributed by atoms with Crippen molar-refractivity contribution in [3.05, 3.63) is 48.0 Å². The van der Waals surface area contributed by atoms with Crippen LogP contribution in [0, 0.1) is 5.92 Å². The molecule has 1 N–H and O–H groups in total. The minimum Gasteiger partial charge on any atom is -0.413 e. The van der Waals surface area contributed by atoms with E-state index < -0.39 is 8.32 Å². The van der Waals surface area contributed by atoms with E-state index in [1.165, 1.54) is 5.56 Å². The van der Waals surface area contributed by atoms with Gasteiger partial charge in [0, 0.05) is 5.92 Å². The summed E-state index contributed by atoms with van der Waals surface area (Å²) in [6, 6.07) is 11.6. The van der Waals surface area contributed by atoms with E-state index in [4.69, 9.17) is 4.43 Å². The third kappa shape index (κ3) is 4.30. The van der Waals surface area contributed by atoms with Crippen molar-refractivity contribution in [3.8, 4) is 0 Å². The molecule has 0 unspecified atom stereocenters. The fraction of sp³-hybridized carbons (Fsp3) is 0.500. The zero-order valence-corrected chi connectivity index (χ0v) is 12.9. The predicted octanol–water partition coefficient (Wildman–Crippen LogP) is 3.39. The summed E-state index contributed by atoms with van der Waals surface area (Å²) in [5.74, 6) is 0.151. The summed E-state index contributed by atoms with van der Waals surface area (Å²) in [4.78, 5) is 0. The fourth-order valence-corrected chi connectivity index (χ4v) is 4.51. The summed E-state index contributed by atoms with van der Waals surface area (Å²) in [6.45, 7) is 4.69. The first-order valence-electron chi connectivity index (χ1n) is 7.10. The third-order valence-electron chi connectivity index (χ3n) is 3.71. The van der Waals surface area contributed by atoms with Gasteiger partial charge in [-0.25, -0.2) is 0 Å². The van der Waals surface area contributed by atoms with Gasteiger partial charge >= 0.3 is 0 Å². The second-order valence-electron chi connectivity index (χ2n) is 5.92. The van der Waals surface area contributed by atoms with Gasteiger partial charge in [0.25, 0.3) is 0 Å². The SMILES string of the molecule is C[Si]1(C)CC=C[C@H](CO)[C@@H](CCc2ccccc2)O1. The summed E-state index contributed by atoms with van der Waals surface area (Å²) in [5, 5.41) is 9.54. The highest BCUT2D eigenvalue weighted by Crippen LogP contribution is 2.26. The van der Waals surface area contributed by atoms with E-state index in [1.807, 2.05) is 6.07 Å². The molecule has 0 saturated carbocycles. The summed E-state index contributed by atoms with van der Waals surface area (Å²) in [5.41, 5.74) is 1.34. The maximum Gasteiger partial charge on any atom is 0.190 e. The van der Waals surface area contributed by atoms with Gasteiger partial charge in [-0.1, -0.05) is 42.5 Å². The molecule has 1 aliphatic rings. The van der Waals surface area contributed by atoms with Crippen LogP contribution in [0.4, 0.5) is 0 Å². The Labute approximate surface area is 117 Å². The molecule has 2 atom stereocenters. The molecule has 0 spiro atoms. The number of aliphatic hydroxyl groups excluding tert-OH is 1. The van der Waals surface area contributed by atoms with Crippen molar-refractivity contribution in [3.63, 3.8) is 0 Å². The Kier molecular flexibility index (Phi) is 4.97. The molecule has 0 amide bonds. The van der Waals surface area contributed by atoms with Crippen molar-refractivity contribution in [1.82, 2.24) is 0 Å². The number of benzene rings is 1. The Morgan fingerprint density at radius 2 is 2.00 bits per heavy atom. The average molecular weight is 276 g/mol. The standard InChI is InChI=1S/C16H24O2Si/c1-19(2)12-6-9-15(13-17)16(18-19)11-10-14-7-4-3-5-8-14/h3-9,15-17H,10-13H2,1-2H3/t15-,16-/m1/s1. The Hall–Kier alpha value is -0.903. The quantitative estimate of drug-likeness (QED) is 0.675. The number of aliphatic hydroxyl groups is 1. The lowest BCUT2D eigenvalue weighted by Gasteiger charge is -2.30. The monoisotopic (exact) mass is 276 g/mol. The molecular formula is C16H24O2Si. The number of aryl methyl sites for hydroxylation is 1. The van der Waals surface area contributed by atoms with Gasteiger partial charge in [-0.3, -0.25) is 0 Å². The van der Waals surface area contributed by atoms with Gasteiger partial charge in [0.2, 0.25) is 0 Å². The molecule has 1 aromatic rings. The van der Waals surface area contributed by atoms with Gasteiger partial charge in [-0.15, -0.1) is 0 Å². The molecule has 2 nitrogen and oxygen atoms in total. The predicted molar refractivity (Wildman–Crippen MR) is 81.6 cm³/mol. The minimum atomic E-state index is -1.60. The van der Waals surface area contributed by atoms with E-state index in [-0.39, 0.29) is 18.6 Å². The molecule has 0 aliphatic carbocycles. The maximum absolute atomic E-state index is 9.54. The largest absolute Gasteiger partial charge is 0.413 e. The van der Waals surface area contributed by atoms with E-state index in [0.717, 1.165) is 18.9 Å². The van der Waals surface area contributed by atoms with Gasteiger partial charge < -0.3 is 9.53 Å². The Morgan fingerprint density at radius 1 is 1.26 bits per heavy atom. The van der Waals surface area contributed by atoms with Crippen LogP contribution in [0.5, 0.6) is 0 Å². The van der Waals surface area contributed by atoms with Crippen LogP contribution in [0.2, 0.25) is 19.1 Å². The lowest BCUT2D eigenvalue weighted by molar-refractivity contribution is 0.101. The molecule has 1 aromatic carbocycles. The lowest BCUT2D eigenvalue weighted by Crippen LogP contribution is -2.37. The Balaban J connectivity index is 2.01. The third-order valence-corrected chi connectivity index (χ3v) is 5.87. The van der Waals surface area contributed by atoms with Crippen molar-refractivity contribution >= 4 is 8.32 Å². The average Bonchev–Trinajstić information content (AvgIpc) is 2.55. The van der Waals surface area contributed by atoms with Gasteiger partial charge in [0.1, 0.15) is 0 Å². The van der Waals surface area contributed by atoms with Crippen LogP contribution in [0.1, 0.15) is 12.0 Å².